The summed E-state index contributed by atoms with van der Waals surface area (Å²) < 4.78 is 2.08. The first-order valence-corrected chi connectivity index (χ1v) is 6.28. The zero-order valence-corrected chi connectivity index (χ0v) is 10.6. The van der Waals surface area contributed by atoms with Crippen molar-refractivity contribution in [3.8, 4) is 0 Å². The van der Waals surface area contributed by atoms with E-state index in [0.29, 0.717) is 0 Å². The Morgan fingerprint density at radius 1 is 1.39 bits per heavy atom. The average molecular weight is 242 g/mol. The van der Waals surface area contributed by atoms with Crippen LogP contribution in [0.15, 0.2) is 30.7 Å². The maximum atomic E-state index is 6.01. The number of aryl methyl sites for hydroxylation is 1. The molecule has 0 saturated heterocycles. The molecule has 1 aromatic carbocycles. The number of benzene rings is 1. The third-order valence-electron chi connectivity index (χ3n) is 3.68. The Hall–Kier alpha value is -1.81. The van der Waals surface area contributed by atoms with Crippen LogP contribution >= 0.6 is 0 Å². The van der Waals surface area contributed by atoms with Crippen LogP contribution in [0.25, 0.3) is 0 Å². The lowest BCUT2D eigenvalue weighted by Crippen LogP contribution is -2.31. The molecule has 2 N–H and O–H groups in total. The fourth-order valence-corrected chi connectivity index (χ4v) is 2.60. The zero-order chi connectivity index (χ0) is 12.5. The van der Waals surface area contributed by atoms with Gasteiger partial charge in [-0.2, -0.15) is 0 Å². The van der Waals surface area contributed by atoms with Crippen LogP contribution in [0.5, 0.6) is 0 Å². The van der Waals surface area contributed by atoms with E-state index >= 15 is 0 Å². The highest BCUT2D eigenvalue weighted by Gasteiger charge is 2.18. The number of fused-ring (bicyclic) bond motifs is 1. The summed E-state index contributed by atoms with van der Waals surface area (Å²) in [5, 5.41) is 0. The van der Waals surface area contributed by atoms with Crippen LogP contribution in [-0.2, 0) is 26.6 Å². The molecule has 1 aliphatic heterocycles. The molecule has 4 nitrogen and oxygen atoms in total. The van der Waals surface area contributed by atoms with Crippen LogP contribution in [0, 0.1) is 0 Å². The van der Waals surface area contributed by atoms with Crippen molar-refractivity contribution in [3.63, 3.8) is 0 Å². The summed E-state index contributed by atoms with van der Waals surface area (Å²) in [6.07, 6.45) is 4.83. The third-order valence-corrected chi connectivity index (χ3v) is 3.68. The molecule has 0 aliphatic carbocycles. The molecule has 1 aromatic heterocycles. The van der Waals surface area contributed by atoms with E-state index in [1.807, 2.05) is 31.7 Å². The highest BCUT2D eigenvalue weighted by Crippen LogP contribution is 2.24. The Bertz CT molecular complexity index is 559. The molecule has 1 aliphatic rings. The molecule has 2 aromatic rings. The van der Waals surface area contributed by atoms with Gasteiger partial charge in [0, 0.05) is 38.6 Å². The normalized spacial score (nSPS) is 15.6. The second-order valence-corrected chi connectivity index (χ2v) is 4.94. The fourth-order valence-electron chi connectivity index (χ4n) is 2.60. The van der Waals surface area contributed by atoms with Crippen molar-refractivity contribution in [1.82, 2.24) is 14.5 Å². The number of rotatable bonds is 2. The molecular weight excluding hydrogens is 224 g/mol. The fraction of sp³-hybridized carbons (Fsp3) is 0.357. The smallest absolute Gasteiger partial charge is 0.0945 e. The molecule has 2 heterocycles. The van der Waals surface area contributed by atoms with Gasteiger partial charge in [-0.05, 0) is 23.6 Å². The summed E-state index contributed by atoms with van der Waals surface area (Å²) in [6.45, 7) is 2.99. The molecule has 4 heteroatoms. The summed E-state index contributed by atoms with van der Waals surface area (Å²) in [5.41, 5.74) is 10.9. The highest BCUT2D eigenvalue weighted by atomic mass is 15.2. The van der Waals surface area contributed by atoms with Crippen molar-refractivity contribution in [2.45, 2.75) is 19.5 Å². The van der Waals surface area contributed by atoms with Gasteiger partial charge in [-0.1, -0.05) is 12.1 Å². The van der Waals surface area contributed by atoms with Gasteiger partial charge in [0.1, 0.15) is 0 Å². The summed E-state index contributed by atoms with van der Waals surface area (Å²) in [7, 11) is 2.04. The summed E-state index contributed by atoms with van der Waals surface area (Å²) in [4.78, 5) is 6.61. The van der Waals surface area contributed by atoms with Crippen LogP contribution in [-0.4, -0.2) is 21.0 Å². The average Bonchev–Trinajstić information content (AvgIpc) is 2.75. The highest BCUT2D eigenvalue weighted by molar-refractivity contribution is 5.51. The van der Waals surface area contributed by atoms with Crippen molar-refractivity contribution < 1.29 is 0 Å². The SMILES string of the molecule is Cn1cncc1CN1CCc2c(N)cccc2C1. The molecule has 0 spiro atoms. The van der Waals surface area contributed by atoms with E-state index in [9.17, 15) is 0 Å². The van der Waals surface area contributed by atoms with E-state index in [1.165, 1.54) is 16.8 Å². The van der Waals surface area contributed by atoms with Crippen LogP contribution in [0.1, 0.15) is 16.8 Å². The first-order chi connectivity index (χ1) is 8.74. The first-order valence-electron chi connectivity index (χ1n) is 6.28. The van der Waals surface area contributed by atoms with Crippen molar-refractivity contribution in [3.05, 3.63) is 47.5 Å². The predicted molar refractivity (Wildman–Crippen MR) is 71.9 cm³/mol. The van der Waals surface area contributed by atoms with Crippen LogP contribution in [0.2, 0.25) is 0 Å². The van der Waals surface area contributed by atoms with Crippen LogP contribution < -0.4 is 5.73 Å². The molecular formula is C14H18N4. The van der Waals surface area contributed by atoms with Gasteiger partial charge in [0.25, 0.3) is 0 Å². The Morgan fingerprint density at radius 2 is 2.28 bits per heavy atom. The number of nitrogens with zero attached hydrogens (tertiary/aromatic N) is 3. The van der Waals surface area contributed by atoms with Gasteiger partial charge >= 0.3 is 0 Å². The second-order valence-electron chi connectivity index (χ2n) is 4.94. The van der Waals surface area contributed by atoms with E-state index in [4.69, 9.17) is 5.73 Å². The number of anilines is 1. The lowest BCUT2D eigenvalue weighted by atomic mass is 9.98. The number of nitrogens with two attached hydrogens (primary N) is 1. The van der Waals surface area contributed by atoms with Gasteiger partial charge in [-0.25, -0.2) is 4.98 Å². The van der Waals surface area contributed by atoms with E-state index in [1.54, 1.807) is 0 Å². The molecule has 0 unspecified atom stereocenters. The molecule has 94 valence electrons. The summed E-state index contributed by atoms with van der Waals surface area (Å²) >= 11 is 0. The predicted octanol–water partition coefficient (Wildman–Crippen LogP) is 1.56. The molecule has 0 fully saturated rings. The molecule has 3 rings (SSSR count). The Balaban J connectivity index is 1.77. The van der Waals surface area contributed by atoms with Gasteiger partial charge in [-0.15, -0.1) is 0 Å². The first kappa shape index (κ1) is 11.3. The lowest BCUT2D eigenvalue weighted by molar-refractivity contribution is 0.240. The maximum absolute atomic E-state index is 6.01. The van der Waals surface area contributed by atoms with Gasteiger partial charge in [0.05, 0.1) is 12.0 Å². The Labute approximate surface area is 107 Å². The van der Waals surface area contributed by atoms with Crippen molar-refractivity contribution in [1.29, 1.82) is 0 Å². The maximum Gasteiger partial charge on any atom is 0.0945 e. The molecule has 0 amide bonds. The quantitative estimate of drug-likeness (QED) is 0.813. The molecule has 18 heavy (non-hydrogen) atoms. The van der Waals surface area contributed by atoms with Crippen molar-refractivity contribution in [2.24, 2.45) is 7.05 Å². The minimum Gasteiger partial charge on any atom is -0.398 e. The van der Waals surface area contributed by atoms with E-state index in [-0.39, 0.29) is 0 Å². The van der Waals surface area contributed by atoms with Crippen molar-refractivity contribution in [2.75, 3.05) is 12.3 Å². The second kappa shape index (κ2) is 4.46. The standard InChI is InChI=1S/C14H18N4/c1-17-10-16-7-12(17)9-18-6-5-13-11(8-18)3-2-4-14(13)15/h2-4,7,10H,5-6,8-9,15H2,1H3. The number of aromatic nitrogens is 2. The molecule has 0 radical (unpaired) electrons. The minimum atomic E-state index is 0.938. The Kier molecular flexibility index (Phi) is 2.80. The third kappa shape index (κ3) is 1.99. The van der Waals surface area contributed by atoms with Gasteiger partial charge in [0.2, 0.25) is 0 Å². The van der Waals surface area contributed by atoms with E-state index in [2.05, 4.69) is 20.5 Å². The number of imidazole rings is 1. The summed E-state index contributed by atoms with van der Waals surface area (Å²) in [5.74, 6) is 0. The molecule has 0 atom stereocenters. The largest absolute Gasteiger partial charge is 0.398 e. The van der Waals surface area contributed by atoms with Gasteiger partial charge in [0.15, 0.2) is 0 Å². The summed E-state index contributed by atoms with van der Waals surface area (Å²) in [6, 6.07) is 6.22. The number of hydrogen-bond donors (Lipinski definition) is 1. The topological polar surface area (TPSA) is 47.1 Å². The minimum absolute atomic E-state index is 0.938. The van der Waals surface area contributed by atoms with Gasteiger partial charge < -0.3 is 10.3 Å². The monoisotopic (exact) mass is 242 g/mol. The molecule has 0 saturated carbocycles. The molecule has 0 bridgehead atoms. The van der Waals surface area contributed by atoms with E-state index < -0.39 is 0 Å². The van der Waals surface area contributed by atoms with Crippen molar-refractivity contribution >= 4 is 5.69 Å². The van der Waals surface area contributed by atoms with Crippen LogP contribution in [0.4, 0.5) is 5.69 Å². The van der Waals surface area contributed by atoms with Gasteiger partial charge in [-0.3, -0.25) is 4.90 Å². The number of nitrogen functional groups attached to an aromatic ring is 1. The number of hydrogen-bond acceptors (Lipinski definition) is 3. The zero-order valence-electron chi connectivity index (χ0n) is 10.6. The van der Waals surface area contributed by atoms with Crippen LogP contribution in [0.3, 0.4) is 0 Å². The Morgan fingerprint density at radius 3 is 3.06 bits per heavy atom. The van der Waals surface area contributed by atoms with E-state index in [0.717, 1.165) is 31.7 Å². The lowest BCUT2D eigenvalue weighted by Gasteiger charge is -2.29.